The van der Waals surface area contributed by atoms with E-state index < -0.39 is 0 Å². The molecule has 0 bridgehead atoms. The van der Waals surface area contributed by atoms with Gasteiger partial charge in [0.25, 0.3) is 0 Å². The van der Waals surface area contributed by atoms with E-state index in [1.807, 2.05) is 11.8 Å². The van der Waals surface area contributed by atoms with Gasteiger partial charge in [-0.05, 0) is 30.4 Å². The zero-order valence-corrected chi connectivity index (χ0v) is 9.10. The molecule has 0 saturated carbocycles. The third kappa shape index (κ3) is 3.69. The number of hydrogen-bond donors (Lipinski definition) is 0. The van der Waals surface area contributed by atoms with Crippen LogP contribution in [0.1, 0.15) is 26.7 Å². The lowest BCUT2D eigenvalue weighted by Crippen LogP contribution is -1.76. The molecule has 0 aliphatic rings. The van der Waals surface area contributed by atoms with Crippen molar-refractivity contribution in [1.29, 1.82) is 0 Å². The van der Waals surface area contributed by atoms with E-state index in [9.17, 15) is 0 Å². The third-order valence-corrected chi connectivity index (χ3v) is 3.02. The summed E-state index contributed by atoms with van der Waals surface area (Å²) in [5.41, 5.74) is 0. The minimum atomic E-state index is 1.19. The van der Waals surface area contributed by atoms with E-state index in [0.717, 1.165) is 0 Å². The molecule has 13 heavy (non-hydrogen) atoms. The largest absolute Gasteiger partial charge is 0.0949 e. The maximum Gasteiger partial charge on any atom is 0.0118 e. The summed E-state index contributed by atoms with van der Waals surface area (Å²) in [6.45, 7) is 4.33. The number of rotatable bonds is 4. The molecule has 70 valence electrons. The van der Waals surface area contributed by atoms with Crippen molar-refractivity contribution >= 4 is 11.8 Å². The molecule has 0 aliphatic heterocycles. The third-order valence-electron chi connectivity index (χ3n) is 1.81. The van der Waals surface area contributed by atoms with Crippen LogP contribution in [0.5, 0.6) is 0 Å². The van der Waals surface area contributed by atoms with Gasteiger partial charge in [-0.25, -0.2) is 0 Å². The predicted molar refractivity (Wildman–Crippen MR) is 61.0 cm³/mol. The molecule has 0 atom stereocenters. The van der Waals surface area contributed by atoms with Crippen LogP contribution in [-0.2, 0) is 0 Å². The fraction of sp³-hybridized carbons (Fsp3) is 0.333. The van der Waals surface area contributed by atoms with Crippen LogP contribution >= 0.6 is 11.8 Å². The molecule has 0 saturated heterocycles. The molecule has 0 aromatic heterocycles. The molecule has 0 spiro atoms. The van der Waals surface area contributed by atoms with Gasteiger partial charge in [-0.15, -0.1) is 0 Å². The van der Waals surface area contributed by atoms with Crippen molar-refractivity contribution in [2.24, 2.45) is 0 Å². The van der Waals surface area contributed by atoms with Gasteiger partial charge >= 0.3 is 0 Å². The fourth-order valence-corrected chi connectivity index (χ4v) is 2.16. The number of hydrogen-bond acceptors (Lipinski definition) is 1. The van der Waals surface area contributed by atoms with E-state index in [2.05, 4.69) is 50.3 Å². The average molecular weight is 192 g/mol. The van der Waals surface area contributed by atoms with Crippen molar-refractivity contribution in [2.75, 3.05) is 0 Å². The Hall–Kier alpha value is -0.690. The highest BCUT2D eigenvalue weighted by Gasteiger charge is 1.97. The molecule has 0 unspecified atom stereocenters. The van der Waals surface area contributed by atoms with Crippen LogP contribution in [0.25, 0.3) is 0 Å². The van der Waals surface area contributed by atoms with E-state index in [1.54, 1.807) is 0 Å². The number of thioether (sulfide) groups is 1. The minimum absolute atomic E-state index is 1.19. The van der Waals surface area contributed by atoms with Gasteiger partial charge in [-0.3, -0.25) is 0 Å². The van der Waals surface area contributed by atoms with Gasteiger partial charge in [0, 0.05) is 4.90 Å². The van der Waals surface area contributed by atoms with Crippen LogP contribution in [0.15, 0.2) is 46.2 Å². The standard InChI is InChI=1S/C12H16S/c1-3-8-11(4-2)13-12-9-6-5-7-10-12/h4-7,9-10H,3,8H2,1-2H3/b11-4-. The Bertz CT molecular complexity index is 262. The summed E-state index contributed by atoms with van der Waals surface area (Å²) in [5, 5.41) is 0. The van der Waals surface area contributed by atoms with Gasteiger partial charge in [0.05, 0.1) is 0 Å². The van der Waals surface area contributed by atoms with Gasteiger partial charge in [-0.1, -0.05) is 49.4 Å². The Morgan fingerprint density at radius 2 is 2.00 bits per heavy atom. The zero-order chi connectivity index (χ0) is 9.52. The van der Waals surface area contributed by atoms with E-state index in [4.69, 9.17) is 0 Å². The highest BCUT2D eigenvalue weighted by atomic mass is 32.2. The summed E-state index contributed by atoms with van der Waals surface area (Å²) < 4.78 is 0. The van der Waals surface area contributed by atoms with Gasteiger partial charge in [0.2, 0.25) is 0 Å². The molecule has 0 heterocycles. The Kier molecular flexibility index (Phi) is 4.69. The lowest BCUT2D eigenvalue weighted by molar-refractivity contribution is 0.945. The molecule has 1 aromatic carbocycles. The zero-order valence-electron chi connectivity index (χ0n) is 8.29. The van der Waals surface area contributed by atoms with Gasteiger partial charge < -0.3 is 0 Å². The Balaban J connectivity index is 2.58. The molecule has 0 amide bonds. The molecule has 1 aromatic rings. The topological polar surface area (TPSA) is 0 Å². The highest BCUT2D eigenvalue weighted by Crippen LogP contribution is 2.28. The molecule has 1 heteroatoms. The summed E-state index contributed by atoms with van der Waals surface area (Å²) in [5.74, 6) is 0. The fourth-order valence-electron chi connectivity index (χ4n) is 1.14. The quantitative estimate of drug-likeness (QED) is 0.634. The highest BCUT2D eigenvalue weighted by molar-refractivity contribution is 8.03. The average Bonchev–Trinajstić information content (AvgIpc) is 2.19. The van der Waals surface area contributed by atoms with Crippen LogP contribution in [0.4, 0.5) is 0 Å². The van der Waals surface area contributed by atoms with Crippen molar-refractivity contribution in [2.45, 2.75) is 31.6 Å². The Morgan fingerprint density at radius 3 is 2.54 bits per heavy atom. The number of benzene rings is 1. The smallest absolute Gasteiger partial charge is 0.0118 e. The second-order valence-corrected chi connectivity index (χ2v) is 4.12. The SMILES string of the molecule is C/C=C(/CCC)Sc1ccccc1. The molecule has 0 radical (unpaired) electrons. The lowest BCUT2D eigenvalue weighted by atomic mass is 10.3. The van der Waals surface area contributed by atoms with Gasteiger partial charge in [0.1, 0.15) is 0 Å². The van der Waals surface area contributed by atoms with E-state index in [-0.39, 0.29) is 0 Å². The van der Waals surface area contributed by atoms with Crippen LogP contribution in [0.3, 0.4) is 0 Å². The summed E-state index contributed by atoms with van der Waals surface area (Å²) in [4.78, 5) is 2.80. The van der Waals surface area contributed by atoms with Crippen molar-refractivity contribution in [3.63, 3.8) is 0 Å². The monoisotopic (exact) mass is 192 g/mol. The molecule has 0 nitrogen and oxygen atoms in total. The van der Waals surface area contributed by atoms with Crippen molar-refractivity contribution in [3.05, 3.63) is 41.3 Å². The first-order chi connectivity index (χ1) is 6.36. The first-order valence-electron chi connectivity index (χ1n) is 4.75. The molecular formula is C12H16S. The molecular weight excluding hydrogens is 176 g/mol. The maximum absolute atomic E-state index is 2.22. The molecule has 1 rings (SSSR count). The molecule has 0 fully saturated rings. The van der Waals surface area contributed by atoms with Gasteiger partial charge in [-0.2, -0.15) is 0 Å². The summed E-state index contributed by atoms with van der Waals surface area (Å²) in [6, 6.07) is 10.5. The second kappa shape index (κ2) is 5.87. The summed E-state index contributed by atoms with van der Waals surface area (Å²) in [6.07, 6.45) is 4.62. The van der Waals surface area contributed by atoms with Crippen LogP contribution in [0.2, 0.25) is 0 Å². The second-order valence-electron chi connectivity index (χ2n) is 2.92. The normalized spacial score (nSPS) is 11.7. The van der Waals surface area contributed by atoms with Crippen molar-refractivity contribution in [3.8, 4) is 0 Å². The maximum atomic E-state index is 2.22. The van der Waals surface area contributed by atoms with E-state index >= 15 is 0 Å². The molecule has 0 N–H and O–H groups in total. The summed E-state index contributed by atoms with van der Waals surface area (Å²) in [7, 11) is 0. The van der Waals surface area contributed by atoms with E-state index in [0.29, 0.717) is 0 Å². The minimum Gasteiger partial charge on any atom is -0.0949 e. The first kappa shape index (κ1) is 10.4. The predicted octanol–water partition coefficient (Wildman–Crippen LogP) is 4.48. The van der Waals surface area contributed by atoms with Crippen LogP contribution in [0, 0.1) is 0 Å². The Morgan fingerprint density at radius 1 is 1.31 bits per heavy atom. The lowest BCUT2D eigenvalue weighted by Gasteiger charge is -2.04. The summed E-state index contributed by atoms with van der Waals surface area (Å²) >= 11 is 1.87. The van der Waals surface area contributed by atoms with Crippen molar-refractivity contribution < 1.29 is 0 Å². The van der Waals surface area contributed by atoms with Crippen LogP contribution < -0.4 is 0 Å². The first-order valence-corrected chi connectivity index (χ1v) is 5.56. The van der Waals surface area contributed by atoms with Crippen LogP contribution in [-0.4, -0.2) is 0 Å². The van der Waals surface area contributed by atoms with E-state index in [1.165, 1.54) is 22.6 Å². The molecule has 0 aliphatic carbocycles. The van der Waals surface area contributed by atoms with Crippen molar-refractivity contribution in [1.82, 2.24) is 0 Å². The number of allylic oxidation sites excluding steroid dienone is 2. The van der Waals surface area contributed by atoms with Gasteiger partial charge in [0.15, 0.2) is 0 Å². The Labute approximate surface area is 85.1 Å².